The minimum atomic E-state index is -0.864. The van der Waals surface area contributed by atoms with E-state index in [4.69, 9.17) is 9.84 Å². The standard InChI is InChI=1S/C16H30O3/c1-14(2)12-10-8-6-4-5-7-9-11-13-15(19-3)16(17)18/h5,7,14-15H,4,6,8-13H2,1-3H3,(H,17,18). The zero-order chi connectivity index (χ0) is 14.5. The SMILES string of the molecule is COC(CCCC=CCCCCCC(C)C)C(=O)O. The molecular formula is C16H30O3. The van der Waals surface area contributed by atoms with Crippen LogP contribution in [0.15, 0.2) is 12.2 Å². The number of allylic oxidation sites excluding steroid dienone is 2. The van der Waals surface area contributed by atoms with Crippen molar-refractivity contribution in [3.05, 3.63) is 12.2 Å². The molecule has 1 N–H and O–H groups in total. The molecule has 0 saturated carbocycles. The second-order valence-electron chi connectivity index (χ2n) is 5.50. The summed E-state index contributed by atoms with van der Waals surface area (Å²) in [7, 11) is 1.45. The number of hydrogen-bond acceptors (Lipinski definition) is 2. The van der Waals surface area contributed by atoms with Gasteiger partial charge in [-0.1, -0.05) is 45.3 Å². The second-order valence-corrected chi connectivity index (χ2v) is 5.50. The van der Waals surface area contributed by atoms with E-state index in [-0.39, 0.29) is 0 Å². The van der Waals surface area contributed by atoms with Crippen LogP contribution in [0.5, 0.6) is 0 Å². The van der Waals surface area contributed by atoms with E-state index in [0.717, 1.165) is 25.2 Å². The number of carbonyl (C=O) groups is 1. The molecule has 0 aliphatic carbocycles. The van der Waals surface area contributed by atoms with Gasteiger partial charge in [0, 0.05) is 7.11 Å². The van der Waals surface area contributed by atoms with E-state index in [9.17, 15) is 4.79 Å². The summed E-state index contributed by atoms with van der Waals surface area (Å²) in [6.07, 6.45) is 12.5. The maximum Gasteiger partial charge on any atom is 0.332 e. The number of carboxylic acid groups (broad SMARTS) is 1. The normalized spacial score (nSPS) is 13.3. The molecule has 1 atom stereocenters. The van der Waals surface area contributed by atoms with Crippen LogP contribution in [0.3, 0.4) is 0 Å². The molecule has 3 heteroatoms. The van der Waals surface area contributed by atoms with E-state index in [1.54, 1.807) is 0 Å². The molecule has 0 bridgehead atoms. The third-order valence-corrected chi connectivity index (χ3v) is 3.22. The van der Waals surface area contributed by atoms with Gasteiger partial charge in [0.15, 0.2) is 6.10 Å². The van der Waals surface area contributed by atoms with Crippen molar-refractivity contribution in [2.75, 3.05) is 7.11 Å². The number of rotatable bonds is 12. The molecule has 0 radical (unpaired) electrons. The van der Waals surface area contributed by atoms with Gasteiger partial charge in [0.1, 0.15) is 0 Å². The fraction of sp³-hybridized carbons (Fsp3) is 0.812. The van der Waals surface area contributed by atoms with Gasteiger partial charge in [-0.2, -0.15) is 0 Å². The number of methoxy groups -OCH3 is 1. The van der Waals surface area contributed by atoms with E-state index in [1.807, 2.05) is 0 Å². The molecule has 1 unspecified atom stereocenters. The summed E-state index contributed by atoms with van der Waals surface area (Å²) in [5.74, 6) is -0.0462. The Morgan fingerprint density at radius 1 is 1.05 bits per heavy atom. The van der Waals surface area contributed by atoms with Crippen LogP contribution in [0, 0.1) is 5.92 Å². The van der Waals surface area contributed by atoms with E-state index in [0.29, 0.717) is 6.42 Å². The van der Waals surface area contributed by atoms with Gasteiger partial charge in [0.05, 0.1) is 0 Å². The number of carboxylic acids is 1. The predicted octanol–water partition coefficient (Wildman–Crippen LogP) is 4.42. The van der Waals surface area contributed by atoms with Crippen molar-refractivity contribution in [2.24, 2.45) is 5.92 Å². The summed E-state index contributed by atoms with van der Waals surface area (Å²) >= 11 is 0. The Kier molecular flexibility index (Phi) is 11.7. The quantitative estimate of drug-likeness (QED) is 0.422. The third kappa shape index (κ3) is 12.0. The molecule has 0 heterocycles. The van der Waals surface area contributed by atoms with Crippen molar-refractivity contribution in [3.63, 3.8) is 0 Å². The molecule has 0 saturated heterocycles. The smallest absolute Gasteiger partial charge is 0.332 e. The van der Waals surface area contributed by atoms with Crippen LogP contribution in [-0.2, 0) is 9.53 Å². The highest BCUT2D eigenvalue weighted by atomic mass is 16.5. The fourth-order valence-corrected chi connectivity index (χ4v) is 1.99. The average molecular weight is 270 g/mol. The zero-order valence-corrected chi connectivity index (χ0v) is 12.7. The van der Waals surface area contributed by atoms with Gasteiger partial charge < -0.3 is 9.84 Å². The molecular weight excluding hydrogens is 240 g/mol. The lowest BCUT2D eigenvalue weighted by atomic mass is 10.0. The maximum absolute atomic E-state index is 10.7. The molecule has 0 amide bonds. The monoisotopic (exact) mass is 270 g/mol. The molecule has 0 aromatic rings. The van der Waals surface area contributed by atoms with Crippen LogP contribution in [0.4, 0.5) is 0 Å². The molecule has 0 fully saturated rings. The summed E-state index contributed by atoms with van der Waals surface area (Å²) in [4.78, 5) is 10.7. The van der Waals surface area contributed by atoms with Crippen LogP contribution in [0.2, 0.25) is 0 Å². The first-order valence-corrected chi connectivity index (χ1v) is 7.48. The lowest BCUT2D eigenvalue weighted by molar-refractivity contribution is -0.148. The highest BCUT2D eigenvalue weighted by Crippen LogP contribution is 2.10. The van der Waals surface area contributed by atoms with E-state index in [2.05, 4.69) is 26.0 Å². The molecule has 0 rings (SSSR count). The number of ether oxygens (including phenoxy) is 1. The van der Waals surface area contributed by atoms with Crippen LogP contribution >= 0.6 is 0 Å². The maximum atomic E-state index is 10.7. The topological polar surface area (TPSA) is 46.5 Å². The Hall–Kier alpha value is -0.830. The largest absolute Gasteiger partial charge is 0.479 e. The van der Waals surface area contributed by atoms with E-state index in [1.165, 1.54) is 32.8 Å². The average Bonchev–Trinajstić information content (AvgIpc) is 2.35. The van der Waals surface area contributed by atoms with Gasteiger partial charge in [-0.3, -0.25) is 0 Å². The van der Waals surface area contributed by atoms with Gasteiger partial charge >= 0.3 is 5.97 Å². The summed E-state index contributed by atoms with van der Waals surface area (Å²) in [5, 5.41) is 8.79. The lowest BCUT2D eigenvalue weighted by Gasteiger charge is -2.08. The first-order valence-electron chi connectivity index (χ1n) is 7.48. The van der Waals surface area contributed by atoms with E-state index < -0.39 is 12.1 Å². The molecule has 3 nitrogen and oxygen atoms in total. The Bertz CT molecular complexity index is 246. The molecule has 0 aromatic heterocycles. The summed E-state index contributed by atoms with van der Waals surface area (Å²) in [6, 6.07) is 0. The van der Waals surface area contributed by atoms with Gasteiger partial charge in [-0.25, -0.2) is 4.79 Å². The minimum Gasteiger partial charge on any atom is -0.479 e. The Morgan fingerprint density at radius 2 is 1.68 bits per heavy atom. The predicted molar refractivity (Wildman–Crippen MR) is 79.3 cm³/mol. The van der Waals surface area contributed by atoms with Crippen molar-refractivity contribution in [1.82, 2.24) is 0 Å². The molecule has 0 aliphatic heterocycles. The highest BCUT2D eigenvalue weighted by Gasteiger charge is 2.14. The highest BCUT2D eigenvalue weighted by molar-refractivity contribution is 5.72. The molecule has 0 aromatic carbocycles. The second kappa shape index (κ2) is 12.2. The Labute approximate surface area is 118 Å². The number of hydrogen-bond donors (Lipinski definition) is 1. The number of aliphatic carboxylic acids is 1. The van der Waals surface area contributed by atoms with Gasteiger partial charge in [0.2, 0.25) is 0 Å². The summed E-state index contributed by atoms with van der Waals surface area (Å²) < 4.78 is 4.88. The zero-order valence-electron chi connectivity index (χ0n) is 12.7. The van der Waals surface area contributed by atoms with Crippen LogP contribution < -0.4 is 0 Å². The minimum absolute atomic E-state index is 0.588. The Morgan fingerprint density at radius 3 is 2.21 bits per heavy atom. The van der Waals surface area contributed by atoms with Gasteiger partial charge in [0.25, 0.3) is 0 Å². The van der Waals surface area contributed by atoms with E-state index >= 15 is 0 Å². The van der Waals surface area contributed by atoms with Crippen molar-refractivity contribution in [1.29, 1.82) is 0 Å². The van der Waals surface area contributed by atoms with Crippen LogP contribution in [-0.4, -0.2) is 24.3 Å². The molecule has 112 valence electrons. The summed E-state index contributed by atoms with van der Waals surface area (Å²) in [5.41, 5.74) is 0. The first-order chi connectivity index (χ1) is 9.07. The van der Waals surface area contributed by atoms with Gasteiger partial charge in [-0.15, -0.1) is 0 Å². The third-order valence-electron chi connectivity index (χ3n) is 3.22. The van der Waals surface area contributed by atoms with Crippen molar-refractivity contribution in [2.45, 2.75) is 71.3 Å². The molecule has 0 spiro atoms. The summed E-state index contributed by atoms with van der Waals surface area (Å²) in [6.45, 7) is 4.54. The fourth-order valence-electron chi connectivity index (χ4n) is 1.99. The number of unbranched alkanes of at least 4 members (excludes halogenated alkanes) is 4. The molecule has 19 heavy (non-hydrogen) atoms. The van der Waals surface area contributed by atoms with Crippen molar-refractivity contribution in [3.8, 4) is 0 Å². The Balaban J connectivity index is 3.37. The molecule has 0 aliphatic rings. The lowest BCUT2D eigenvalue weighted by Crippen LogP contribution is -2.21. The van der Waals surface area contributed by atoms with Crippen LogP contribution in [0.1, 0.15) is 65.2 Å². The van der Waals surface area contributed by atoms with Gasteiger partial charge in [-0.05, 0) is 38.0 Å². The van der Waals surface area contributed by atoms with Crippen molar-refractivity contribution < 1.29 is 14.6 Å². The van der Waals surface area contributed by atoms with Crippen molar-refractivity contribution >= 4 is 5.97 Å². The van der Waals surface area contributed by atoms with Crippen LogP contribution in [0.25, 0.3) is 0 Å². The first kappa shape index (κ1) is 18.2.